The number of Topliss-reactive ketones (excluding diaryl/α,β-unsaturated/α-hetero) is 1. The summed E-state index contributed by atoms with van der Waals surface area (Å²) in [6, 6.07) is 3.64. The summed E-state index contributed by atoms with van der Waals surface area (Å²) < 4.78 is 17.0. The molecule has 39 heavy (non-hydrogen) atoms. The highest BCUT2D eigenvalue weighted by atomic mass is 16.7. The van der Waals surface area contributed by atoms with Gasteiger partial charge in [0.1, 0.15) is 29.5 Å². The summed E-state index contributed by atoms with van der Waals surface area (Å²) in [4.78, 5) is 39.7. The number of rotatable bonds is 5. The van der Waals surface area contributed by atoms with E-state index in [1.165, 1.54) is 25.3 Å². The fourth-order valence-corrected chi connectivity index (χ4v) is 5.75. The SMILES string of the molecule is COc1cccc2c1C(=O)c1c(O)c3c(c(O)c1C2=O)C[C@@](O)(C(=O)CO)C[C@@H]3O[C@H]1C[C@H](N)[C@@H](O)[C@@H](C)O1. The van der Waals surface area contributed by atoms with Crippen LogP contribution in [-0.2, 0) is 20.7 Å². The molecule has 1 heterocycles. The molecule has 0 saturated carbocycles. The Hall–Kier alpha value is -3.39. The molecule has 0 amide bonds. The van der Waals surface area contributed by atoms with E-state index in [0.717, 1.165) is 0 Å². The third kappa shape index (κ3) is 4.11. The monoisotopic (exact) mass is 543 g/mol. The van der Waals surface area contributed by atoms with Gasteiger partial charge in [0.15, 0.2) is 17.9 Å². The maximum Gasteiger partial charge on any atom is 0.202 e. The molecule has 208 valence electrons. The number of hydrogen-bond acceptors (Lipinski definition) is 12. The number of methoxy groups -OCH3 is 1. The Morgan fingerprint density at radius 3 is 2.49 bits per heavy atom. The van der Waals surface area contributed by atoms with Gasteiger partial charge >= 0.3 is 0 Å². The molecule has 0 radical (unpaired) electrons. The first kappa shape index (κ1) is 27.2. The first-order valence-corrected chi connectivity index (χ1v) is 12.4. The maximum absolute atomic E-state index is 13.6. The molecular weight excluding hydrogens is 514 g/mol. The molecule has 0 bridgehead atoms. The van der Waals surface area contributed by atoms with Gasteiger partial charge in [0, 0.05) is 42.0 Å². The predicted molar refractivity (Wildman–Crippen MR) is 132 cm³/mol. The van der Waals surface area contributed by atoms with Gasteiger partial charge in [0.25, 0.3) is 0 Å². The van der Waals surface area contributed by atoms with Gasteiger partial charge in [-0.3, -0.25) is 14.4 Å². The van der Waals surface area contributed by atoms with Crippen molar-refractivity contribution >= 4 is 17.3 Å². The molecule has 1 saturated heterocycles. The molecule has 2 aromatic carbocycles. The second kappa shape index (κ2) is 9.66. The first-order chi connectivity index (χ1) is 18.4. The predicted octanol–water partition coefficient (Wildman–Crippen LogP) is 0.00130. The van der Waals surface area contributed by atoms with Crippen molar-refractivity contribution in [2.24, 2.45) is 5.73 Å². The molecule has 0 spiro atoms. The number of carbonyl (C=O) groups is 3. The lowest BCUT2D eigenvalue weighted by atomic mass is 9.72. The summed E-state index contributed by atoms with van der Waals surface area (Å²) in [5.41, 5.74) is 2.37. The van der Waals surface area contributed by atoms with E-state index in [0.29, 0.717) is 0 Å². The average molecular weight is 544 g/mol. The molecule has 3 aliphatic rings. The number of aliphatic hydroxyl groups excluding tert-OH is 2. The van der Waals surface area contributed by atoms with Crippen molar-refractivity contribution in [3.8, 4) is 17.2 Å². The quantitative estimate of drug-likeness (QED) is 0.235. The lowest BCUT2D eigenvalue weighted by Crippen LogP contribution is -2.53. The molecular formula is C27H29NO11. The van der Waals surface area contributed by atoms with Crippen LogP contribution >= 0.6 is 0 Å². The zero-order chi connectivity index (χ0) is 28.4. The highest BCUT2D eigenvalue weighted by molar-refractivity contribution is 6.31. The van der Waals surface area contributed by atoms with Crippen LogP contribution in [0.25, 0.3) is 0 Å². The van der Waals surface area contributed by atoms with E-state index >= 15 is 0 Å². The van der Waals surface area contributed by atoms with E-state index in [1.807, 2.05) is 0 Å². The normalized spacial score (nSPS) is 29.8. The number of nitrogens with two attached hydrogens (primary N) is 1. The Morgan fingerprint density at radius 2 is 1.85 bits per heavy atom. The molecule has 12 nitrogen and oxygen atoms in total. The number of phenols is 2. The molecule has 0 aromatic heterocycles. The Morgan fingerprint density at radius 1 is 1.15 bits per heavy atom. The molecule has 0 unspecified atom stereocenters. The third-order valence-corrected chi connectivity index (χ3v) is 7.81. The molecule has 5 rings (SSSR count). The highest BCUT2D eigenvalue weighted by Gasteiger charge is 2.50. The van der Waals surface area contributed by atoms with Crippen LogP contribution in [0.1, 0.15) is 68.8 Å². The summed E-state index contributed by atoms with van der Waals surface area (Å²) in [5.74, 6) is -3.77. The minimum absolute atomic E-state index is 0.0173. The minimum atomic E-state index is -2.24. The molecule has 2 aromatic rings. The fraction of sp³-hybridized carbons (Fsp3) is 0.444. The number of ketones is 3. The average Bonchev–Trinajstić information content (AvgIpc) is 2.90. The minimum Gasteiger partial charge on any atom is -0.507 e. The van der Waals surface area contributed by atoms with E-state index in [-0.39, 0.29) is 34.4 Å². The van der Waals surface area contributed by atoms with Crippen LogP contribution in [0.3, 0.4) is 0 Å². The van der Waals surface area contributed by atoms with Gasteiger partial charge in [-0.15, -0.1) is 0 Å². The van der Waals surface area contributed by atoms with Gasteiger partial charge in [-0.05, 0) is 13.0 Å². The molecule has 2 aliphatic carbocycles. The molecule has 1 aliphatic heterocycles. The molecule has 6 atom stereocenters. The molecule has 12 heteroatoms. The van der Waals surface area contributed by atoms with Gasteiger partial charge in [0.2, 0.25) is 5.78 Å². The fourth-order valence-electron chi connectivity index (χ4n) is 5.75. The second-order valence-electron chi connectivity index (χ2n) is 10.2. The Balaban J connectivity index is 1.69. The van der Waals surface area contributed by atoms with Crippen molar-refractivity contribution in [1.82, 2.24) is 0 Å². The Labute approximate surface area is 222 Å². The summed E-state index contributed by atoms with van der Waals surface area (Å²) in [5, 5.41) is 53.7. The number of carbonyl (C=O) groups excluding carboxylic acids is 3. The van der Waals surface area contributed by atoms with E-state index in [9.17, 15) is 39.9 Å². The lowest BCUT2D eigenvalue weighted by Gasteiger charge is -2.42. The number of hydrogen-bond donors (Lipinski definition) is 6. The zero-order valence-electron chi connectivity index (χ0n) is 21.2. The standard InChI is InChI=1S/C27H29NO11/c1-10-22(31)13(28)6-17(38-10)39-15-8-27(36,16(30)9-29)7-12-19(15)26(35)21-20(24(12)33)23(32)11-4-3-5-14(37-2)18(11)25(21)34/h3-5,10,13,15,17,22,29,31,33,35-36H,6-9,28H2,1-2H3/t10-,13+,15+,17+,22+,27+/m1/s1. The van der Waals surface area contributed by atoms with Crippen LogP contribution in [0.4, 0.5) is 0 Å². The maximum atomic E-state index is 13.6. The Bertz CT molecular complexity index is 1380. The molecule has 1 fully saturated rings. The van der Waals surface area contributed by atoms with Crippen molar-refractivity contribution in [1.29, 1.82) is 0 Å². The number of aromatic hydroxyl groups is 2. The van der Waals surface area contributed by atoms with E-state index in [2.05, 4.69) is 0 Å². The van der Waals surface area contributed by atoms with Crippen LogP contribution in [0.15, 0.2) is 18.2 Å². The van der Waals surface area contributed by atoms with Crippen LogP contribution < -0.4 is 10.5 Å². The lowest BCUT2D eigenvalue weighted by molar-refractivity contribution is -0.247. The van der Waals surface area contributed by atoms with Gasteiger partial charge < -0.3 is 45.5 Å². The number of phenolic OH excluding ortho intramolecular Hbond substituents is 2. The van der Waals surface area contributed by atoms with E-state index in [4.69, 9.17) is 19.9 Å². The highest BCUT2D eigenvalue weighted by Crippen LogP contribution is 2.52. The summed E-state index contributed by atoms with van der Waals surface area (Å²) in [6.45, 7) is 0.560. The van der Waals surface area contributed by atoms with E-state index in [1.54, 1.807) is 6.92 Å². The third-order valence-electron chi connectivity index (χ3n) is 7.81. The van der Waals surface area contributed by atoms with Gasteiger partial charge in [-0.1, -0.05) is 12.1 Å². The first-order valence-electron chi connectivity index (χ1n) is 12.4. The van der Waals surface area contributed by atoms with Crippen molar-refractivity contribution < 1.29 is 54.1 Å². The van der Waals surface area contributed by atoms with Crippen LogP contribution in [0.2, 0.25) is 0 Å². The largest absolute Gasteiger partial charge is 0.507 e. The topological polar surface area (TPSA) is 206 Å². The van der Waals surface area contributed by atoms with E-state index < -0.39 is 95.7 Å². The summed E-state index contributed by atoms with van der Waals surface area (Å²) in [6.07, 6.45) is -5.12. The van der Waals surface area contributed by atoms with Crippen molar-refractivity contribution in [3.05, 3.63) is 51.6 Å². The summed E-state index contributed by atoms with van der Waals surface area (Å²) >= 11 is 0. The van der Waals surface area contributed by atoms with Crippen LogP contribution in [-0.4, -0.2) is 86.7 Å². The molecule has 7 N–H and O–H groups in total. The van der Waals surface area contributed by atoms with Crippen LogP contribution in [0.5, 0.6) is 17.2 Å². The Kier molecular flexibility index (Phi) is 6.74. The second-order valence-corrected chi connectivity index (χ2v) is 10.2. The van der Waals surface area contributed by atoms with Gasteiger partial charge in [-0.25, -0.2) is 0 Å². The van der Waals surface area contributed by atoms with Crippen LogP contribution in [0, 0.1) is 0 Å². The van der Waals surface area contributed by atoms with Gasteiger partial charge in [0.05, 0.1) is 42.1 Å². The van der Waals surface area contributed by atoms with Crippen molar-refractivity contribution in [2.75, 3.05) is 13.7 Å². The zero-order valence-corrected chi connectivity index (χ0v) is 21.2. The number of ether oxygens (including phenoxy) is 3. The summed E-state index contributed by atoms with van der Waals surface area (Å²) in [7, 11) is 1.32. The van der Waals surface area contributed by atoms with Gasteiger partial charge in [-0.2, -0.15) is 0 Å². The van der Waals surface area contributed by atoms with Crippen molar-refractivity contribution in [2.45, 2.75) is 62.4 Å². The smallest absolute Gasteiger partial charge is 0.202 e. The number of benzene rings is 2. The number of fused-ring (bicyclic) bond motifs is 3. The van der Waals surface area contributed by atoms with Crippen molar-refractivity contribution in [3.63, 3.8) is 0 Å². The number of aliphatic hydroxyl groups is 3.